The molecule has 11 heavy (non-hydrogen) atoms. The van der Waals surface area contributed by atoms with E-state index in [4.69, 9.17) is 15.9 Å². The Hall–Kier alpha value is -0.570. The van der Waals surface area contributed by atoms with Crippen molar-refractivity contribution >= 4 is 5.84 Å². The smallest absolute Gasteiger partial charge is 0.120 e. The van der Waals surface area contributed by atoms with Crippen LogP contribution in [0.15, 0.2) is 0 Å². The zero-order valence-electron chi connectivity index (χ0n) is 7.39. The third kappa shape index (κ3) is 5.85. The van der Waals surface area contributed by atoms with E-state index >= 15 is 0 Å². The minimum atomic E-state index is -0.216. The highest BCUT2D eigenvalue weighted by Gasteiger charge is 2.03. The van der Waals surface area contributed by atoms with Crippen LogP contribution >= 0.6 is 0 Å². The first-order chi connectivity index (χ1) is 5.18. The van der Waals surface area contributed by atoms with Crippen LogP contribution in [-0.2, 0) is 4.74 Å². The fraction of sp³-hybridized carbons (Fsp3) is 0.875. The third-order valence-electron chi connectivity index (χ3n) is 1.55. The number of amidine groups is 1. The molecule has 66 valence electrons. The van der Waals surface area contributed by atoms with E-state index in [9.17, 15) is 0 Å². The first-order valence-electron chi connectivity index (χ1n) is 4.14. The van der Waals surface area contributed by atoms with Gasteiger partial charge in [-0.05, 0) is 13.3 Å². The number of rotatable bonds is 6. The van der Waals surface area contributed by atoms with E-state index in [0.29, 0.717) is 6.61 Å². The summed E-state index contributed by atoms with van der Waals surface area (Å²) in [6.07, 6.45) is 3.23. The minimum absolute atomic E-state index is 0.112. The molecule has 0 rings (SSSR count). The van der Waals surface area contributed by atoms with E-state index in [1.165, 1.54) is 12.8 Å². The molecule has 3 heteroatoms. The summed E-state index contributed by atoms with van der Waals surface area (Å²) in [5, 5.41) is 7.03. The van der Waals surface area contributed by atoms with Crippen molar-refractivity contribution in [2.45, 2.75) is 39.2 Å². The molecular formula is C8H18N2O. The maximum atomic E-state index is 7.03. The molecule has 0 saturated heterocycles. The molecule has 0 aliphatic heterocycles. The van der Waals surface area contributed by atoms with Crippen LogP contribution in [0.25, 0.3) is 0 Å². The molecule has 0 saturated carbocycles. The lowest BCUT2D eigenvalue weighted by Gasteiger charge is -2.10. The molecule has 0 aromatic carbocycles. The summed E-state index contributed by atoms with van der Waals surface area (Å²) in [5.41, 5.74) is 5.21. The quantitative estimate of drug-likeness (QED) is 0.350. The second-order valence-electron chi connectivity index (χ2n) is 2.68. The molecule has 0 bridgehead atoms. The van der Waals surface area contributed by atoms with Crippen molar-refractivity contribution in [1.82, 2.24) is 0 Å². The first kappa shape index (κ1) is 10.4. The van der Waals surface area contributed by atoms with E-state index in [1.54, 1.807) is 6.92 Å². The SMILES string of the molecule is CCCCCOC(C)C(=N)N. The summed E-state index contributed by atoms with van der Waals surface area (Å²) in [6.45, 7) is 4.66. The Morgan fingerprint density at radius 2 is 2.18 bits per heavy atom. The van der Waals surface area contributed by atoms with Gasteiger partial charge in [-0.2, -0.15) is 0 Å². The Balaban J connectivity index is 3.17. The van der Waals surface area contributed by atoms with Gasteiger partial charge >= 0.3 is 0 Å². The van der Waals surface area contributed by atoms with Crippen molar-refractivity contribution < 1.29 is 4.74 Å². The fourth-order valence-electron chi connectivity index (χ4n) is 0.702. The van der Waals surface area contributed by atoms with Gasteiger partial charge in [0.2, 0.25) is 0 Å². The van der Waals surface area contributed by atoms with Crippen molar-refractivity contribution in [3.63, 3.8) is 0 Å². The summed E-state index contributed by atoms with van der Waals surface area (Å²) < 4.78 is 5.26. The topological polar surface area (TPSA) is 59.1 Å². The van der Waals surface area contributed by atoms with Crippen molar-refractivity contribution in [2.24, 2.45) is 5.73 Å². The van der Waals surface area contributed by atoms with E-state index in [0.717, 1.165) is 6.42 Å². The van der Waals surface area contributed by atoms with Gasteiger partial charge < -0.3 is 10.5 Å². The molecule has 0 heterocycles. The number of hydrogen-bond donors (Lipinski definition) is 2. The van der Waals surface area contributed by atoms with E-state index in [2.05, 4.69) is 6.92 Å². The van der Waals surface area contributed by atoms with Crippen LogP contribution < -0.4 is 5.73 Å². The van der Waals surface area contributed by atoms with Crippen molar-refractivity contribution in [3.05, 3.63) is 0 Å². The Morgan fingerprint density at radius 3 is 2.64 bits per heavy atom. The maximum Gasteiger partial charge on any atom is 0.120 e. The number of nitrogens with one attached hydrogen (secondary N) is 1. The Kier molecular flexibility index (Phi) is 5.84. The van der Waals surface area contributed by atoms with Gasteiger partial charge in [0.15, 0.2) is 0 Å². The number of nitrogens with two attached hydrogens (primary N) is 1. The predicted molar refractivity (Wildman–Crippen MR) is 46.9 cm³/mol. The zero-order chi connectivity index (χ0) is 8.69. The largest absolute Gasteiger partial charge is 0.385 e. The van der Waals surface area contributed by atoms with Crippen LogP contribution in [-0.4, -0.2) is 18.5 Å². The van der Waals surface area contributed by atoms with Crippen LogP contribution in [0.5, 0.6) is 0 Å². The number of ether oxygens (including phenoxy) is 1. The third-order valence-corrected chi connectivity index (χ3v) is 1.55. The summed E-state index contributed by atoms with van der Waals surface area (Å²) in [6, 6.07) is 0. The van der Waals surface area contributed by atoms with Gasteiger partial charge in [-0.3, -0.25) is 5.41 Å². The van der Waals surface area contributed by atoms with Crippen LogP contribution in [0, 0.1) is 5.41 Å². The number of hydrogen-bond acceptors (Lipinski definition) is 2. The van der Waals surface area contributed by atoms with Gasteiger partial charge in [0.1, 0.15) is 11.9 Å². The molecule has 0 fully saturated rings. The molecule has 0 amide bonds. The van der Waals surface area contributed by atoms with Crippen LogP contribution in [0.1, 0.15) is 33.1 Å². The van der Waals surface area contributed by atoms with Gasteiger partial charge in [-0.25, -0.2) is 0 Å². The summed E-state index contributed by atoms with van der Waals surface area (Å²) >= 11 is 0. The fourth-order valence-corrected chi connectivity index (χ4v) is 0.702. The zero-order valence-corrected chi connectivity index (χ0v) is 7.39. The molecule has 0 spiro atoms. The first-order valence-corrected chi connectivity index (χ1v) is 4.14. The highest BCUT2D eigenvalue weighted by atomic mass is 16.5. The molecule has 0 aliphatic rings. The lowest BCUT2D eigenvalue weighted by atomic mass is 10.3. The van der Waals surface area contributed by atoms with Gasteiger partial charge in [0.05, 0.1) is 0 Å². The Bertz CT molecular complexity index is 115. The second kappa shape index (κ2) is 6.16. The lowest BCUT2D eigenvalue weighted by Crippen LogP contribution is -2.27. The molecule has 1 atom stereocenters. The van der Waals surface area contributed by atoms with Gasteiger partial charge in [-0.15, -0.1) is 0 Å². The predicted octanol–water partition coefficient (Wildman–Crippen LogP) is 1.52. The summed E-state index contributed by atoms with van der Waals surface area (Å²) in [4.78, 5) is 0. The minimum Gasteiger partial charge on any atom is -0.385 e. The van der Waals surface area contributed by atoms with Crippen LogP contribution in [0.2, 0.25) is 0 Å². The number of unbranched alkanes of at least 4 members (excludes halogenated alkanes) is 2. The normalized spacial score (nSPS) is 12.9. The standard InChI is InChI=1S/C8H18N2O/c1-3-4-5-6-11-7(2)8(9)10/h7H,3-6H2,1-2H3,(H3,9,10). The molecule has 3 nitrogen and oxygen atoms in total. The highest BCUT2D eigenvalue weighted by molar-refractivity contribution is 5.81. The Labute approximate surface area is 68.4 Å². The maximum absolute atomic E-state index is 7.03. The highest BCUT2D eigenvalue weighted by Crippen LogP contribution is 1.97. The monoisotopic (exact) mass is 158 g/mol. The molecule has 0 aromatic rings. The van der Waals surface area contributed by atoms with Crippen molar-refractivity contribution in [2.75, 3.05) is 6.61 Å². The molecular weight excluding hydrogens is 140 g/mol. The average molecular weight is 158 g/mol. The Morgan fingerprint density at radius 1 is 1.55 bits per heavy atom. The average Bonchev–Trinajstić information content (AvgIpc) is 1.97. The van der Waals surface area contributed by atoms with Crippen LogP contribution in [0.3, 0.4) is 0 Å². The van der Waals surface area contributed by atoms with Crippen molar-refractivity contribution in [3.8, 4) is 0 Å². The van der Waals surface area contributed by atoms with Gasteiger partial charge in [-0.1, -0.05) is 19.8 Å². The molecule has 1 unspecified atom stereocenters. The van der Waals surface area contributed by atoms with Crippen LogP contribution in [0.4, 0.5) is 0 Å². The molecule has 0 aliphatic carbocycles. The molecule has 0 aromatic heterocycles. The summed E-state index contributed by atoms with van der Waals surface area (Å²) in [5.74, 6) is 0.112. The van der Waals surface area contributed by atoms with E-state index in [1.807, 2.05) is 0 Å². The van der Waals surface area contributed by atoms with Crippen molar-refractivity contribution in [1.29, 1.82) is 5.41 Å². The van der Waals surface area contributed by atoms with Gasteiger partial charge in [0.25, 0.3) is 0 Å². The van der Waals surface area contributed by atoms with Gasteiger partial charge in [0, 0.05) is 6.61 Å². The van der Waals surface area contributed by atoms with E-state index < -0.39 is 0 Å². The van der Waals surface area contributed by atoms with E-state index in [-0.39, 0.29) is 11.9 Å². The summed E-state index contributed by atoms with van der Waals surface area (Å²) in [7, 11) is 0. The molecule has 0 radical (unpaired) electrons. The lowest BCUT2D eigenvalue weighted by molar-refractivity contribution is 0.105. The second-order valence-corrected chi connectivity index (χ2v) is 2.68. The molecule has 3 N–H and O–H groups in total.